The van der Waals surface area contributed by atoms with E-state index in [1.165, 1.54) is 0 Å². The van der Waals surface area contributed by atoms with Crippen LogP contribution in [-0.2, 0) is 6.54 Å². The number of rotatable bonds is 6. The van der Waals surface area contributed by atoms with Gasteiger partial charge in [0.15, 0.2) is 0 Å². The number of aromatic amines is 1. The van der Waals surface area contributed by atoms with Crippen LogP contribution in [0.3, 0.4) is 0 Å². The molecule has 1 atom stereocenters. The standard InChI is InChI=1S/C19H17ClN6O/c1-3-15-9-18(24-23-15)19(27)22-12(2)11-26-7-6-17(25-26)13-4-5-14(10-21)16(20)8-13/h3-9,12H,1,11H2,2H3,(H,22,27)(H,23,24)/t12-/m0/s1. The zero-order valence-corrected chi connectivity index (χ0v) is 15.4. The first kappa shape index (κ1) is 18.4. The Morgan fingerprint density at radius 3 is 2.96 bits per heavy atom. The Labute approximate surface area is 161 Å². The van der Waals surface area contributed by atoms with Crippen molar-refractivity contribution >= 4 is 23.6 Å². The first-order valence-electron chi connectivity index (χ1n) is 8.22. The van der Waals surface area contributed by atoms with Crippen LogP contribution in [0.5, 0.6) is 0 Å². The van der Waals surface area contributed by atoms with Gasteiger partial charge in [-0.3, -0.25) is 14.6 Å². The number of aromatic nitrogens is 4. The maximum atomic E-state index is 12.2. The average molecular weight is 381 g/mol. The van der Waals surface area contributed by atoms with Gasteiger partial charge in [0.05, 0.1) is 28.5 Å². The molecule has 2 heterocycles. The number of halogens is 1. The molecule has 2 N–H and O–H groups in total. The Balaban J connectivity index is 1.64. The fourth-order valence-corrected chi connectivity index (χ4v) is 2.79. The molecule has 3 aromatic rings. The van der Waals surface area contributed by atoms with E-state index >= 15 is 0 Å². The van der Waals surface area contributed by atoms with Crippen molar-refractivity contribution < 1.29 is 4.79 Å². The van der Waals surface area contributed by atoms with Crippen molar-refractivity contribution in [3.63, 3.8) is 0 Å². The molecule has 0 aliphatic heterocycles. The number of hydrogen-bond donors (Lipinski definition) is 2. The lowest BCUT2D eigenvalue weighted by molar-refractivity contribution is 0.0931. The monoisotopic (exact) mass is 380 g/mol. The van der Waals surface area contributed by atoms with Gasteiger partial charge in [0.1, 0.15) is 11.8 Å². The Kier molecular flexibility index (Phi) is 5.38. The van der Waals surface area contributed by atoms with Gasteiger partial charge in [0, 0.05) is 17.8 Å². The van der Waals surface area contributed by atoms with Crippen LogP contribution in [0.25, 0.3) is 17.3 Å². The van der Waals surface area contributed by atoms with E-state index in [1.54, 1.807) is 35.0 Å². The van der Waals surface area contributed by atoms with Gasteiger partial charge >= 0.3 is 0 Å². The molecule has 27 heavy (non-hydrogen) atoms. The second-order valence-electron chi connectivity index (χ2n) is 6.01. The third kappa shape index (κ3) is 4.25. The molecule has 0 fully saturated rings. The molecular formula is C19H17ClN6O. The van der Waals surface area contributed by atoms with Crippen molar-refractivity contribution in [3.8, 4) is 17.3 Å². The highest BCUT2D eigenvalue weighted by Crippen LogP contribution is 2.24. The highest BCUT2D eigenvalue weighted by atomic mass is 35.5. The van der Waals surface area contributed by atoms with Gasteiger partial charge in [-0.15, -0.1) is 0 Å². The van der Waals surface area contributed by atoms with Crippen LogP contribution in [0.2, 0.25) is 5.02 Å². The van der Waals surface area contributed by atoms with Crippen LogP contribution < -0.4 is 5.32 Å². The molecule has 136 valence electrons. The zero-order chi connectivity index (χ0) is 19.4. The quantitative estimate of drug-likeness (QED) is 0.685. The summed E-state index contributed by atoms with van der Waals surface area (Å²) in [5.74, 6) is -0.241. The van der Waals surface area contributed by atoms with E-state index in [-0.39, 0.29) is 11.9 Å². The Morgan fingerprint density at radius 2 is 2.30 bits per heavy atom. The molecule has 0 spiro atoms. The molecule has 3 rings (SSSR count). The lowest BCUT2D eigenvalue weighted by atomic mass is 10.1. The maximum Gasteiger partial charge on any atom is 0.269 e. The average Bonchev–Trinajstić information content (AvgIpc) is 3.30. The lowest BCUT2D eigenvalue weighted by Crippen LogP contribution is -2.36. The summed E-state index contributed by atoms with van der Waals surface area (Å²) >= 11 is 6.08. The number of H-pyrrole nitrogens is 1. The maximum absolute atomic E-state index is 12.2. The first-order valence-corrected chi connectivity index (χ1v) is 8.60. The van der Waals surface area contributed by atoms with Gasteiger partial charge in [0.25, 0.3) is 5.91 Å². The van der Waals surface area contributed by atoms with Crippen molar-refractivity contribution in [3.05, 3.63) is 65.1 Å². The molecule has 7 nitrogen and oxygen atoms in total. The Morgan fingerprint density at radius 1 is 1.48 bits per heavy atom. The summed E-state index contributed by atoms with van der Waals surface area (Å²) in [6.45, 7) is 6.00. The van der Waals surface area contributed by atoms with Gasteiger partial charge in [0.2, 0.25) is 0 Å². The number of nitrogens with one attached hydrogen (secondary N) is 2. The normalized spacial score (nSPS) is 11.6. The van der Waals surface area contributed by atoms with Gasteiger partial charge in [-0.05, 0) is 37.3 Å². The number of carbonyl (C=O) groups is 1. The summed E-state index contributed by atoms with van der Waals surface area (Å²) in [5.41, 5.74) is 2.98. The molecular weight excluding hydrogens is 364 g/mol. The van der Waals surface area contributed by atoms with E-state index in [4.69, 9.17) is 16.9 Å². The number of benzene rings is 1. The topological polar surface area (TPSA) is 99.4 Å². The smallest absolute Gasteiger partial charge is 0.269 e. The van der Waals surface area contributed by atoms with E-state index in [9.17, 15) is 4.79 Å². The molecule has 0 saturated heterocycles. The largest absolute Gasteiger partial charge is 0.346 e. The van der Waals surface area contributed by atoms with Gasteiger partial charge in [-0.25, -0.2) is 0 Å². The number of nitriles is 1. The molecule has 0 unspecified atom stereocenters. The lowest BCUT2D eigenvalue weighted by Gasteiger charge is -2.13. The van der Waals surface area contributed by atoms with Crippen LogP contribution in [0.4, 0.5) is 0 Å². The minimum absolute atomic E-state index is 0.148. The fourth-order valence-electron chi connectivity index (χ4n) is 2.57. The van der Waals surface area contributed by atoms with Crippen LogP contribution >= 0.6 is 11.6 Å². The first-order chi connectivity index (χ1) is 13.0. The van der Waals surface area contributed by atoms with E-state index in [1.807, 2.05) is 25.3 Å². The molecule has 0 bridgehead atoms. The summed E-state index contributed by atoms with van der Waals surface area (Å²) in [5, 5.41) is 23.4. The van der Waals surface area contributed by atoms with Gasteiger partial charge in [-0.1, -0.05) is 24.2 Å². The molecule has 2 aromatic heterocycles. The van der Waals surface area contributed by atoms with Crippen molar-refractivity contribution in [2.45, 2.75) is 19.5 Å². The number of nitrogens with zero attached hydrogens (tertiary/aromatic N) is 4. The minimum atomic E-state index is -0.241. The van der Waals surface area contributed by atoms with Crippen molar-refractivity contribution in [1.82, 2.24) is 25.3 Å². The molecule has 0 radical (unpaired) electrons. The molecule has 0 aliphatic carbocycles. The number of carbonyl (C=O) groups excluding carboxylic acids is 1. The van der Waals surface area contributed by atoms with Crippen LogP contribution in [0.1, 0.15) is 28.7 Å². The van der Waals surface area contributed by atoms with E-state index < -0.39 is 0 Å². The van der Waals surface area contributed by atoms with Crippen LogP contribution in [0.15, 0.2) is 43.1 Å². The summed E-state index contributed by atoms with van der Waals surface area (Å²) < 4.78 is 1.74. The zero-order valence-electron chi connectivity index (χ0n) is 14.6. The molecule has 1 aromatic carbocycles. The summed E-state index contributed by atoms with van der Waals surface area (Å²) in [6.07, 6.45) is 3.40. The highest BCUT2D eigenvalue weighted by molar-refractivity contribution is 6.32. The third-order valence-electron chi connectivity index (χ3n) is 3.92. The van der Waals surface area contributed by atoms with E-state index in [0.29, 0.717) is 28.5 Å². The third-order valence-corrected chi connectivity index (χ3v) is 4.23. The van der Waals surface area contributed by atoms with Crippen molar-refractivity contribution in [1.29, 1.82) is 5.26 Å². The van der Waals surface area contributed by atoms with Crippen LogP contribution in [0, 0.1) is 11.3 Å². The number of hydrogen-bond acceptors (Lipinski definition) is 4. The fraction of sp³-hybridized carbons (Fsp3) is 0.158. The molecule has 0 aliphatic rings. The summed E-state index contributed by atoms with van der Waals surface area (Å²) in [6, 6.07) is 10.6. The Bertz CT molecular complexity index is 1030. The predicted molar refractivity (Wildman–Crippen MR) is 103 cm³/mol. The highest BCUT2D eigenvalue weighted by Gasteiger charge is 2.13. The van der Waals surface area contributed by atoms with Crippen molar-refractivity contribution in [2.75, 3.05) is 0 Å². The summed E-state index contributed by atoms with van der Waals surface area (Å²) in [4.78, 5) is 12.2. The summed E-state index contributed by atoms with van der Waals surface area (Å²) in [7, 11) is 0. The van der Waals surface area contributed by atoms with Crippen molar-refractivity contribution in [2.24, 2.45) is 0 Å². The SMILES string of the molecule is C=Cc1cc(C(=O)N[C@@H](C)Cn2ccc(-c3ccc(C#N)c(Cl)c3)n2)[nH]n1. The second kappa shape index (κ2) is 7.89. The minimum Gasteiger partial charge on any atom is -0.346 e. The Hall–Kier alpha value is -3.37. The van der Waals surface area contributed by atoms with Gasteiger partial charge in [-0.2, -0.15) is 15.5 Å². The molecule has 1 amide bonds. The molecule has 0 saturated carbocycles. The number of amides is 1. The predicted octanol–water partition coefficient (Wildman–Crippen LogP) is 3.26. The van der Waals surface area contributed by atoms with Crippen LogP contribution in [-0.4, -0.2) is 31.9 Å². The molecule has 8 heteroatoms. The van der Waals surface area contributed by atoms with Gasteiger partial charge < -0.3 is 5.32 Å². The van der Waals surface area contributed by atoms with E-state index in [2.05, 4.69) is 27.2 Å². The second-order valence-corrected chi connectivity index (χ2v) is 6.42. The van der Waals surface area contributed by atoms with E-state index in [0.717, 1.165) is 11.3 Å².